The van der Waals surface area contributed by atoms with Crippen LogP contribution in [0, 0.1) is 23.2 Å². The second kappa shape index (κ2) is 7.39. The third-order valence-corrected chi connectivity index (χ3v) is 5.57. The molecular weight excluding hydrogens is 340 g/mol. The Morgan fingerprint density at radius 3 is 2.78 bits per heavy atom. The first-order chi connectivity index (χ1) is 13.1. The Labute approximate surface area is 158 Å². The van der Waals surface area contributed by atoms with E-state index in [2.05, 4.69) is 21.5 Å². The van der Waals surface area contributed by atoms with Gasteiger partial charge in [-0.1, -0.05) is 12.8 Å². The first kappa shape index (κ1) is 17.5. The molecule has 2 aromatic rings. The van der Waals surface area contributed by atoms with E-state index in [0.29, 0.717) is 23.8 Å². The second-order valence-corrected chi connectivity index (χ2v) is 7.63. The van der Waals surface area contributed by atoms with Crippen LogP contribution in [0.3, 0.4) is 0 Å². The maximum absolute atomic E-state index is 11.9. The quantitative estimate of drug-likeness (QED) is 0.817. The van der Waals surface area contributed by atoms with Crippen LogP contribution in [0.2, 0.25) is 0 Å². The van der Waals surface area contributed by atoms with Gasteiger partial charge in [-0.25, -0.2) is 0 Å². The minimum Gasteiger partial charge on any atom is -0.365 e. The zero-order chi connectivity index (χ0) is 18.8. The Hall–Kier alpha value is -2.88. The highest BCUT2D eigenvalue weighted by Gasteiger charge is 2.27. The fourth-order valence-corrected chi connectivity index (χ4v) is 3.86. The van der Waals surface area contributed by atoms with Gasteiger partial charge in [0, 0.05) is 24.4 Å². The van der Waals surface area contributed by atoms with E-state index in [4.69, 9.17) is 5.73 Å². The maximum atomic E-state index is 11.9. The molecule has 7 nitrogen and oxygen atoms in total. The van der Waals surface area contributed by atoms with E-state index >= 15 is 0 Å². The fraction of sp³-hybridized carbons (Fsp3) is 0.500. The highest BCUT2D eigenvalue weighted by molar-refractivity contribution is 5.98. The Kier molecular flexibility index (Phi) is 4.80. The average Bonchev–Trinajstić information content (AvgIpc) is 3.45. The van der Waals surface area contributed by atoms with E-state index in [1.54, 1.807) is 17.1 Å². The highest BCUT2D eigenvalue weighted by atomic mass is 16.1. The summed E-state index contributed by atoms with van der Waals surface area (Å²) < 4.78 is 1.74. The van der Waals surface area contributed by atoms with Crippen molar-refractivity contribution in [2.75, 3.05) is 5.32 Å². The summed E-state index contributed by atoms with van der Waals surface area (Å²) in [7, 11) is 0. The van der Waals surface area contributed by atoms with Crippen LogP contribution in [-0.2, 0) is 6.54 Å². The predicted molar refractivity (Wildman–Crippen MR) is 101 cm³/mol. The molecule has 2 aliphatic carbocycles. The number of nitrogens with two attached hydrogens (primary N) is 1. The molecule has 0 spiro atoms. The third kappa shape index (κ3) is 3.95. The van der Waals surface area contributed by atoms with Crippen molar-refractivity contribution in [3.05, 3.63) is 35.8 Å². The van der Waals surface area contributed by atoms with Crippen molar-refractivity contribution < 1.29 is 4.79 Å². The number of hydrogen-bond acceptors (Lipinski definition) is 5. The van der Waals surface area contributed by atoms with Crippen LogP contribution in [0.1, 0.15) is 60.5 Å². The zero-order valence-corrected chi connectivity index (χ0v) is 15.3. The van der Waals surface area contributed by atoms with Gasteiger partial charge in [-0.2, -0.15) is 10.4 Å². The number of nitrogens with zero attached hydrogens (tertiary/aromatic N) is 4. The first-order valence-corrected chi connectivity index (χ1v) is 9.64. The molecule has 2 saturated carbocycles. The van der Waals surface area contributed by atoms with Gasteiger partial charge < -0.3 is 11.1 Å². The largest absolute Gasteiger partial charge is 0.365 e. The molecule has 140 valence electrons. The Bertz CT molecular complexity index is 862. The molecule has 2 heterocycles. The van der Waals surface area contributed by atoms with Crippen molar-refractivity contribution >= 4 is 17.4 Å². The van der Waals surface area contributed by atoms with Gasteiger partial charge in [0.05, 0.1) is 23.9 Å². The number of pyridine rings is 1. The van der Waals surface area contributed by atoms with Crippen LogP contribution in [0.15, 0.2) is 24.5 Å². The van der Waals surface area contributed by atoms with Gasteiger partial charge in [-0.15, -0.1) is 0 Å². The molecule has 2 aliphatic rings. The molecular formula is C20H24N6O. The third-order valence-electron chi connectivity index (χ3n) is 5.57. The SMILES string of the molecule is N#CC1CCCC[C@@H]1Cn1cc(C(N)=O)c(Nc2ccc(C3CC3)nc2)n1. The first-order valence-electron chi connectivity index (χ1n) is 9.64. The van der Waals surface area contributed by atoms with Crippen LogP contribution in [0.25, 0.3) is 0 Å². The Morgan fingerprint density at radius 2 is 2.11 bits per heavy atom. The minimum atomic E-state index is -0.521. The number of primary amides is 1. The number of aromatic nitrogens is 3. The van der Waals surface area contributed by atoms with E-state index < -0.39 is 5.91 Å². The lowest BCUT2D eigenvalue weighted by Gasteiger charge is -2.26. The molecule has 0 saturated heterocycles. The number of anilines is 2. The fourth-order valence-electron chi connectivity index (χ4n) is 3.86. The molecule has 0 aromatic carbocycles. The lowest BCUT2D eigenvalue weighted by atomic mass is 9.80. The van der Waals surface area contributed by atoms with Crippen molar-refractivity contribution in [3.63, 3.8) is 0 Å². The number of rotatable bonds is 6. The van der Waals surface area contributed by atoms with Gasteiger partial charge in [-0.3, -0.25) is 14.5 Å². The maximum Gasteiger partial charge on any atom is 0.254 e. The zero-order valence-electron chi connectivity index (χ0n) is 15.3. The normalized spacial score (nSPS) is 22.2. The average molecular weight is 364 g/mol. The van der Waals surface area contributed by atoms with Crippen molar-refractivity contribution in [1.29, 1.82) is 5.26 Å². The number of hydrogen-bond donors (Lipinski definition) is 2. The topological polar surface area (TPSA) is 110 Å². The summed E-state index contributed by atoms with van der Waals surface area (Å²) in [4.78, 5) is 16.3. The van der Waals surface area contributed by atoms with Crippen molar-refractivity contribution in [1.82, 2.24) is 14.8 Å². The smallest absolute Gasteiger partial charge is 0.254 e. The molecule has 27 heavy (non-hydrogen) atoms. The lowest BCUT2D eigenvalue weighted by Crippen LogP contribution is -2.23. The summed E-state index contributed by atoms with van der Waals surface area (Å²) in [6, 6.07) is 6.39. The molecule has 2 atom stereocenters. The van der Waals surface area contributed by atoms with Crippen LogP contribution in [0.4, 0.5) is 11.5 Å². The summed E-state index contributed by atoms with van der Waals surface area (Å²) in [6.45, 7) is 0.624. The standard InChI is InChI=1S/C20H24N6O/c21-9-14-3-1-2-4-15(14)11-26-12-17(19(22)27)20(25-26)24-16-7-8-18(23-10-16)13-5-6-13/h7-8,10,12-15H,1-6,11H2,(H2,22,27)(H,24,25)/t14?,15-/m1/s1. The monoisotopic (exact) mass is 364 g/mol. The number of nitriles is 1. The van der Waals surface area contributed by atoms with Gasteiger partial charge in [0.25, 0.3) is 5.91 Å². The molecule has 4 rings (SSSR count). The van der Waals surface area contributed by atoms with E-state index in [9.17, 15) is 10.1 Å². The molecule has 1 unspecified atom stereocenters. The van der Waals surface area contributed by atoms with Crippen LogP contribution in [0.5, 0.6) is 0 Å². The van der Waals surface area contributed by atoms with E-state index in [1.165, 1.54) is 12.8 Å². The van der Waals surface area contributed by atoms with Crippen LogP contribution < -0.4 is 11.1 Å². The molecule has 3 N–H and O–H groups in total. The number of amides is 1. The molecule has 7 heteroatoms. The molecule has 1 amide bonds. The van der Waals surface area contributed by atoms with Gasteiger partial charge in [0.15, 0.2) is 5.82 Å². The van der Waals surface area contributed by atoms with Crippen LogP contribution in [-0.4, -0.2) is 20.7 Å². The number of nitrogens with one attached hydrogen (secondary N) is 1. The Balaban J connectivity index is 1.51. The summed E-state index contributed by atoms with van der Waals surface area (Å²) in [5.74, 6) is 0.829. The van der Waals surface area contributed by atoms with E-state index in [1.807, 2.05) is 12.1 Å². The minimum absolute atomic E-state index is 0.0514. The van der Waals surface area contributed by atoms with Gasteiger partial charge in [0.1, 0.15) is 5.56 Å². The molecule has 2 fully saturated rings. The Morgan fingerprint density at radius 1 is 1.30 bits per heavy atom. The predicted octanol–water partition coefficient (Wildman–Crippen LogP) is 3.33. The van der Waals surface area contributed by atoms with Crippen molar-refractivity contribution in [2.45, 2.75) is 51.0 Å². The lowest BCUT2D eigenvalue weighted by molar-refractivity contribution is 0.100. The van der Waals surface area contributed by atoms with Gasteiger partial charge in [-0.05, 0) is 43.7 Å². The molecule has 0 bridgehead atoms. The van der Waals surface area contributed by atoms with Gasteiger partial charge >= 0.3 is 0 Å². The van der Waals surface area contributed by atoms with E-state index in [0.717, 1.165) is 37.1 Å². The molecule has 2 aromatic heterocycles. The summed E-state index contributed by atoms with van der Waals surface area (Å²) in [5, 5.41) is 17.1. The van der Waals surface area contributed by atoms with Crippen molar-refractivity contribution in [3.8, 4) is 6.07 Å². The number of carbonyl (C=O) groups is 1. The summed E-state index contributed by atoms with van der Waals surface area (Å²) in [5.41, 5.74) is 7.78. The highest BCUT2D eigenvalue weighted by Crippen LogP contribution is 2.39. The van der Waals surface area contributed by atoms with Gasteiger partial charge in [0.2, 0.25) is 0 Å². The molecule has 0 aliphatic heterocycles. The second-order valence-electron chi connectivity index (χ2n) is 7.63. The van der Waals surface area contributed by atoms with Crippen LogP contribution >= 0.6 is 0 Å². The van der Waals surface area contributed by atoms with Crippen molar-refractivity contribution in [2.24, 2.45) is 17.6 Å². The summed E-state index contributed by atoms with van der Waals surface area (Å²) >= 11 is 0. The molecule has 0 radical (unpaired) electrons. The van der Waals surface area contributed by atoms with E-state index in [-0.39, 0.29) is 11.8 Å². The number of carbonyl (C=O) groups excluding carboxylic acids is 1. The summed E-state index contributed by atoms with van der Waals surface area (Å²) in [6.07, 6.45) is 10.1.